The topological polar surface area (TPSA) is 243 Å². The molecule has 2 amide bonds. The molecule has 16 heteroatoms. The molecule has 16 nitrogen and oxygen atoms in total. The summed E-state index contributed by atoms with van der Waals surface area (Å²) in [4.78, 5) is 60.3. The van der Waals surface area contributed by atoms with Crippen molar-refractivity contribution in [3.63, 3.8) is 0 Å². The minimum atomic E-state index is -1.21. The maximum atomic E-state index is 12.7. The van der Waals surface area contributed by atoms with Gasteiger partial charge in [0, 0.05) is 25.2 Å². The number of aromatic amines is 1. The first-order valence-corrected chi connectivity index (χ1v) is 18.6. The quantitative estimate of drug-likeness (QED) is 0.0357. The molecule has 0 fully saturated rings. The number of tetrazole rings is 1. The fraction of sp³-hybridized carbons (Fsp3) is 0.667. The van der Waals surface area contributed by atoms with Crippen molar-refractivity contribution in [3.05, 3.63) is 24.3 Å². The van der Waals surface area contributed by atoms with Gasteiger partial charge in [-0.3, -0.25) is 29.3 Å². The number of Topliss-reactive ketones (excluding diaryl/α,β-unsaturated/α-hetero) is 1. The van der Waals surface area contributed by atoms with Crippen LogP contribution < -0.4 is 21.1 Å². The van der Waals surface area contributed by atoms with Crippen LogP contribution in [0.3, 0.4) is 0 Å². The summed E-state index contributed by atoms with van der Waals surface area (Å²) in [5, 5.41) is 37.3. The number of carbonyl (C=O) groups is 5. The molecular weight excluding hydrogens is 672 g/mol. The van der Waals surface area contributed by atoms with E-state index in [4.69, 9.17) is 15.6 Å². The van der Waals surface area contributed by atoms with Crippen molar-refractivity contribution in [2.75, 3.05) is 32.9 Å². The van der Waals surface area contributed by atoms with Gasteiger partial charge in [0.15, 0.2) is 11.6 Å². The molecule has 1 atom stereocenters. The molecular formula is C36H58N8O8. The van der Waals surface area contributed by atoms with E-state index in [-0.39, 0.29) is 32.1 Å². The lowest BCUT2D eigenvalue weighted by Gasteiger charge is -2.20. The Balaban J connectivity index is 1.43. The van der Waals surface area contributed by atoms with E-state index >= 15 is 0 Å². The van der Waals surface area contributed by atoms with E-state index in [1.54, 1.807) is 0 Å². The Morgan fingerprint density at radius 1 is 0.788 bits per heavy atom. The Morgan fingerprint density at radius 3 is 1.96 bits per heavy atom. The number of amides is 2. The number of hydrogen-bond acceptors (Lipinski definition) is 11. The van der Waals surface area contributed by atoms with Crippen molar-refractivity contribution in [1.29, 1.82) is 0 Å². The molecule has 7 N–H and O–H groups in total. The second kappa shape index (κ2) is 27.2. The summed E-state index contributed by atoms with van der Waals surface area (Å²) in [6.45, 7) is 0.130. The number of hydrogen-bond donors (Lipinski definition) is 6. The Hall–Kier alpha value is -4.44. The van der Waals surface area contributed by atoms with Crippen molar-refractivity contribution < 1.29 is 38.9 Å². The predicted molar refractivity (Wildman–Crippen MR) is 194 cm³/mol. The Morgan fingerprint density at radius 2 is 1.40 bits per heavy atom. The summed E-state index contributed by atoms with van der Waals surface area (Å²) in [6, 6.07) is 7.04. The minimum Gasteiger partial charge on any atom is -0.494 e. The minimum absolute atomic E-state index is 0.0320. The number of nitrogens with two attached hydrogens (primary N) is 1. The van der Waals surface area contributed by atoms with Gasteiger partial charge in [0.05, 0.1) is 12.6 Å². The standard InChI is InChI=1S/C36H58N8O8/c37-27-39-30(31(45)24-34(48)49)16-13-14-22-38-32(46)25-44(26-35(50)51)33(47)17-12-10-8-6-4-2-1-3-5-7-9-11-15-23-52-29-20-18-28(19-21-29)36-40-42-43-41-36/h18-21,30,39H,1-17,22-27,37H2,(H,38,46)(H,48,49)(H,50,51)(H,40,41,42,43)/t30-/m0/s1. The number of carboxylic acid groups (broad SMARTS) is 2. The first kappa shape index (κ1) is 43.7. The van der Waals surface area contributed by atoms with Gasteiger partial charge in [-0.1, -0.05) is 70.6 Å². The molecule has 0 saturated carbocycles. The number of aromatic nitrogens is 4. The fourth-order valence-electron chi connectivity index (χ4n) is 5.78. The highest BCUT2D eigenvalue weighted by atomic mass is 16.5. The highest BCUT2D eigenvalue weighted by Gasteiger charge is 2.21. The van der Waals surface area contributed by atoms with Crippen LogP contribution in [0, 0.1) is 0 Å². The molecule has 1 heterocycles. The Kier molecular flexibility index (Phi) is 22.9. The van der Waals surface area contributed by atoms with Gasteiger partial charge < -0.3 is 30.9 Å². The summed E-state index contributed by atoms with van der Waals surface area (Å²) in [5.74, 6) is -2.19. The second-order valence-electron chi connectivity index (χ2n) is 13.0. The number of aliphatic carboxylic acids is 2. The molecule has 1 aromatic heterocycles. The van der Waals surface area contributed by atoms with Crippen LogP contribution in [0.25, 0.3) is 11.4 Å². The van der Waals surface area contributed by atoms with Crippen molar-refractivity contribution in [2.24, 2.45) is 5.73 Å². The second-order valence-corrected chi connectivity index (χ2v) is 13.0. The van der Waals surface area contributed by atoms with E-state index < -0.39 is 42.6 Å². The Labute approximate surface area is 306 Å². The number of nitrogens with zero attached hydrogens (tertiary/aromatic N) is 4. The molecule has 2 aromatic rings. The van der Waals surface area contributed by atoms with E-state index in [0.717, 1.165) is 54.7 Å². The smallest absolute Gasteiger partial charge is 0.323 e. The summed E-state index contributed by atoms with van der Waals surface area (Å²) in [7, 11) is 0. The summed E-state index contributed by atoms with van der Waals surface area (Å²) < 4.78 is 5.84. The maximum absolute atomic E-state index is 12.7. The third-order valence-corrected chi connectivity index (χ3v) is 8.61. The average Bonchev–Trinajstić information content (AvgIpc) is 3.65. The number of carboxylic acids is 2. The van der Waals surface area contributed by atoms with E-state index in [0.29, 0.717) is 38.1 Å². The third-order valence-electron chi connectivity index (χ3n) is 8.61. The van der Waals surface area contributed by atoms with Crippen LogP contribution in [0.15, 0.2) is 24.3 Å². The SMILES string of the molecule is NCN[C@@H](CCCCNC(=O)CN(CC(=O)O)C(=O)CCCCCCCCCCCCCCCOc1ccc(-c2nnn[nH]2)cc1)C(=O)CC(=O)O. The van der Waals surface area contributed by atoms with E-state index in [2.05, 4.69) is 31.3 Å². The van der Waals surface area contributed by atoms with Crippen molar-refractivity contribution >= 4 is 29.5 Å². The summed E-state index contributed by atoms with van der Waals surface area (Å²) in [5.41, 5.74) is 6.35. The van der Waals surface area contributed by atoms with Gasteiger partial charge in [-0.05, 0) is 66.8 Å². The first-order valence-electron chi connectivity index (χ1n) is 18.6. The third kappa shape index (κ3) is 20.4. The van der Waals surface area contributed by atoms with Crippen LogP contribution in [-0.4, -0.2) is 104 Å². The van der Waals surface area contributed by atoms with Gasteiger partial charge in [-0.25, -0.2) is 5.10 Å². The molecule has 1 aromatic carbocycles. The van der Waals surface area contributed by atoms with Gasteiger partial charge in [0.1, 0.15) is 25.3 Å². The van der Waals surface area contributed by atoms with Gasteiger partial charge in [-0.2, -0.15) is 0 Å². The van der Waals surface area contributed by atoms with Crippen LogP contribution >= 0.6 is 0 Å². The van der Waals surface area contributed by atoms with Crippen LogP contribution in [0.5, 0.6) is 5.75 Å². The van der Waals surface area contributed by atoms with Crippen LogP contribution in [-0.2, 0) is 24.0 Å². The molecule has 0 bridgehead atoms. The predicted octanol–water partition coefficient (Wildman–Crippen LogP) is 3.82. The summed E-state index contributed by atoms with van der Waals surface area (Å²) in [6.07, 6.45) is 15.4. The van der Waals surface area contributed by atoms with Crippen molar-refractivity contribution in [3.8, 4) is 17.1 Å². The molecule has 0 radical (unpaired) electrons. The highest BCUT2D eigenvalue weighted by molar-refractivity contribution is 5.97. The van der Waals surface area contributed by atoms with Crippen molar-refractivity contribution in [2.45, 2.75) is 122 Å². The number of rotatable bonds is 32. The van der Waals surface area contributed by atoms with E-state index in [9.17, 15) is 29.1 Å². The van der Waals surface area contributed by atoms with Crippen LogP contribution in [0.2, 0.25) is 0 Å². The van der Waals surface area contributed by atoms with Crippen LogP contribution in [0.1, 0.15) is 116 Å². The zero-order chi connectivity index (χ0) is 37.8. The molecule has 0 saturated heterocycles. The Bertz CT molecular complexity index is 1310. The number of H-pyrrole nitrogens is 1. The fourth-order valence-corrected chi connectivity index (χ4v) is 5.78. The molecule has 0 unspecified atom stereocenters. The number of ether oxygens (including phenoxy) is 1. The van der Waals surface area contributed by atoms with Gasteiger partial charge in [0.25, 0.3) is 0 Å². The average molecular weight is 731 g/mol. The molecule has 0 aliphatic carbocycles. The zero-order valence-electron chi connectivity index (χ0n) is 30.4. The lowest BCUT2D eigenvalue weighted by molar-refractivity contribution is -0.146. The molecule has 290 valence electrons. The number of unbranched alkanes of at least 4 members (excludes halogenated alkanes) is 13. The molecule has 2 rings (SSSR count). The zero-order valence-corrected chi connectivity index (χ0v) is 30.4. The number of benzene rings is 1. The first-order chi connectivity index (χ1) is 25.2. The largest absolute Gasteiger partial charge is 0.494 e. The van der Waals surface area contributed by atoms with Crippen LogP contribution in [0.4, 0.5) is 0 Å². The van der Waals surface area contributed by atoms with Gasteiger partial charge >= 0.3 is 11.9 Å². The lowest BCUT2D eigenvalue weighted by Crippen LogP contribution is -2.43. The lowest BCUT2D eigenvalue weighted by atomic mass is 10.0. The van der Waals surface area contributed by atoms with E-state index in [1.807, 2.05) is 24.3 Å². The number of ketones is 1. The monoisotopic (exact) mass is 730 g/mol. The normalized spacial score (nSPS) is 11.6. The van der Waals surface area contributed by atoms with Crippen molar-refractivity contribution in [1.82, 2.24) is 36.2 Å². The highest BCUT2D eigenvalue weighted by Crippen LogP contribution is 2.19. The molecule has 0 aliphatic rings. The molecule has 0 spiro atoms. The number of nitrogens with one attached hydrogen (secondary N) is 3. The summed E-state index contributed by atoms with van der Waals surface area (Å²) >= 11 is 0. The number of carbonyl (C=O) groups excluding carboxylic acids is 3. The maximum Gasteiger partial charge on any atom is 0.323 e. The van der Waals surface area contributed by atoms with E-state index in [1.165, 1.54) is 38.5 Å². The molecule has 52 heavy (non-hydrogen) atoms. The molecule has 0 aliphatic heterocycles. The van der Waals surface area contributed by atoms with Gasteiger partial charge in [-0.15, -0.1) is 5.10 Å². The van der Waals surface area contributed by atoms with Gasteiger partial charge in [0.2, 0.25) is 11.8 Å².